The first kappa shape index (κ1) is 18.0. The average molecular weight is 357 g/mol. The van der Waals surface area contributed by atoms with E-state index in [0.717, 1.165) is 17.0 Å². The normalized spacial score (nSPS) is 16.2. The Labute approximate surface area is 152 Å². The van der Waals surface area contributed by atoms with Crippen LogP contribution in [-0.4, -0.2) is 37.6 Å². The quantitative estimate of drug-likeness (QED) is 0.830. The summed E-state index contributed by atoms with van der Waals surface area (Å²) in [6.45, 7) is 3.83. The topological polar surface area (TPSA) is 77.6 Å². The van der Waals surface area contributed by atoms with Gasteiger partial charge in [0.1, 0.15) is 17.2 Å². The van der Waals surface area contributed by atoms with Crippen LogP contribution in [0.1, 0.15) is 56.9 Å². The van der Waals surface area contributed by atoms with Gasteiger partial charge in [-0.1, -0.05) is 0 Å². The van der Waals surface area contributed by atoms with Crippen molar-refractivity contribution >= 4 is 11.8 Å². The molecule has 1 aliphatic rings. The minimum absolute atomic E-state index is 0.0189. The molecule has 1 aliphatic carbocycles. The lowest BCUT2D eigenvalue weighted by atomic mass is 9.81. The smallest absolute Gasteiger partial charge is 0.355 e. The minimum atomic E-state index is -0.428. The maximum Gasteiger partial charge on any atom is 0.355 e. The van der Waals surface area contributed by atoms with Crippen molar-refractivity contribution in [2.75, 3.05) is 20.8 Å². The van der Waals surface area contributed by atoms with Crippen molar-refractivity contribution in [3.63, 3.8) is 0 Å². The zero-order chi connectivity index (χ0) is 18.8. The standard InChI is InChI=1S/C20H23NO5/c1-5-26-20(23)19-11(2)18-15(21-19)8-12(9-16(18)22)14-10-13(24-3)6-7-17(14)25-4/h6-7,10,12,21H,5,8-9H2,1-4H3. The van der Waals surface area contributed by atoms with Crippen LogP contribution in [0.2, 0.25) is 0 Å². The SMILES string of the molecule is CCOC(=O)c1[nH]c2c(c1C)C(=O)CC(c1cc(OC)ccc1OC)C2. The predicted octanol–water partition coefficient (Wildman–Crippen LogP) is 3.43. The van der Waals surface area contributed by atoms with E-state index in [1.807, 2.05) is 18.2 Å². The van der Waals surface area contributed by atoms with Crippen LogP contribution in [-0.2, 0) is 11.2 Å². The number of ether oxygens (including phenoxy) is 3. The summed E-state index contributed by atoms with van der Waals surface area (Å²) in [4.78, 5) is 28.0. The van der Waals surface area contributed by atoms with Crippen molar-refractivity contribution in [1.29, 1.82) is 0 Å². The van der Waals surface area contributed by atoms with E-state index in [-0.39, 0.29) is 11.7 Å². The second-order valence-corrected chi connectivity index (χ2v) is 6.34. The number of hydrogen-bond acceptors (Lipinski definition) is 5. The summed E-state index contributed by atoms with van der Waals surface area (Å²) in [6.07, 6.45) is 0.975. The van der Waals surface area contributed by atoms with Gasteiger partial charge in [-0.2, -0.15) is 0 Å². The fourth-order valence-electron chi connectivity index (χ4n) is 3.62. The van der Waals surface area contributed by atoms with E-state index in [9.17, 15) is 9.59 Å². The van der Waals surface area contributed by atoms with Crippen LogP contribution in [0.15, 0.2) is 18.2 Å². The van der Waals surface area contributed by atoms with Crippen LogP contribution in [0.3, 0.4) is 0 Å². The maximum atomic E-state index is 12.8. The van der Waals surface area contributed by atoms with Crippen LogP contribution in [0, 0.1) is 6.92 Å². The highest BCUT2D eigenvalue weighted by molar-refractivity contribution is 6.03. The molecule has 6 heteroatoms. The number of ketones is 1. The van der Waals surface area contributed by atoms with Gasteiger partial charge in [-0.3, -0.25) is 4.79 Å². The molecule has 0 spiro atoms. The fourth-order valence-corrected chi connectivity index (χ4v) is 3.62. The first-order valence-electron chi connectivity index (χ1n) is 8.63. The number of carbonyl (C=O) groups excluding carboxylic acids is 2. The first-order chi connectivity index (χ1) is 12.5. The third-order valence-corrected chi connectivity index (χ3v) is 4.85. The number of H-pyrrole nitrogens is 1. The molecule has 0 fully saturated rings. The molecular weight excluding hydrogens is 334 g/mol. The number of Topliss-reactive ketones (excluding diaryl/α,β-unsaturated/α-hetero) is 1. The molecule has 6 nitrogen and oxygen atoms in total. The van der Waals surface area contributed by atoms with Gasteiger partial charge in [0.25, 0.3) is 0 Å². The summed E-state index contributed by atoms with van der Waals surface area (Å²) >= 11 is 0. The lowest BCUT2D eigenvalue weighted by molar-refractivity contribution is 0.0519. The number of aromatic amines is 1. The first-order valence-corrected chi connectivity index (χ1v) is 8.63. The summed E-state index contributed by atoms with van der Waals surface area (Å²) in [5.41, 5.74) is 3.35. The third-order valence-electron chi connectivity index (χ3n) is 4.85. The van der Waals surface area contributed by atoms with Gasteiger partial charge in [0.2, 0.25) is 0 Å². The van der Waals surface area contributed by atoms with Crippen LogP contribution in [0.4, 0.5) is 0 Å². The van der Waals surface area contributed by atoms with Crippen molar-refractivity contribution in [3.8, 4) is 11.5 Å². The molecule has 1 N–H and O–H groups in total. The van der Waals surface area contributed by atoms with Crippen molar-refractivity contribution in [3.05, 3.63) is 46.3 Å². The van der Waals surface area contributed by atoms with E-state index >= 15 is 0 Å². The Hall–Kier alpha value is -2.76. The number of esters is 1. The van der Waals surface area contributed by atoms with Gasteiger partial charge in [0.15, 0.2) is 5.78 Å². The number of rotatable bonds is 5. The Morgan fingerprint density at radius 2 is 2.00 bits per heavy atom. The lowest BCUT2D eigenvalue weighted by Gasteiger charge is -2.24. The Kier molecular flexibility index (Phi) is 5.02. The van der Waals surface area contributed by atoms with E-state index in [4.69, 9.17) is 14.2 Å². The molecule has 0 bridgehead atoms. The van der Waals surface area contributed by atoms with Crippen LogP contribution < -0.4 is 9.47 Å². The number of aromatic nitrogens is 1. The maximum absolute atomic E-state index is 12.8. The van der Waals surface area contributed by atoms with Crippen molar-refractivity contribution in [1.82, 2.24) is 4.98 Å². The van der Waals surface area contributed by atoms with E-state index < -0.39 is 5.97 Å². The zero-order valence-electron chi connectivity index (χ0n) is 15.5. The van der Waals surface area contributed by atoms with E-state index in [1.165, 1.54) is 0 Å². The van der Waals surface area contributed by atoms with Gasteiger partial charge in [0, 0.05) is 29.2 Å². The van der Waals surface area contributed by atoms with Crippen LogP contribution >= 0.6 is 0 Å². The number of benzene rings is 1. The van der Waals surface area contributed by atoms with Gasteiger partial charge >= 0.3 is 5.97 Å². The number of hydrogen-bond donors (Lipinski definition) is 1. The highest BCUT2D eigenvalue weighted by atomic mass is 16.5. The van der Waals surface area contributed by atoms with E-state index in [1.54, 1.807) is 28.1 Å². The molecule has 0 saturated carbocycles. The Morgan fingerprint density at radius 3 is 2.65 bits per heavy atom. The van der Waals surface area contributed by atoms with Gasteiger partial charge in [-0.15, -0.1) is 0 Å². The monoisotopic (exact) mass is 357 g/mol. The fraction of sp³-hybridized carbons (Fsp3) is 0.400. The number of carbonyl (C=O) groups is 2. The van der Waals surface area contributed by atoms with E-state index in [2.05, 4.69) is 4.98 Å². The molecule has 1 aromatic carbocycles. The molecular formula is C20H23NO5. The lowest BCUT2D eigenvalue weighted by Crippen LogP contribution is -2.19. The molecule has 26 heavy (non-hydrogen) atoms. The Balaban J connectivity index is 1.99. The average Bonchev–Trinajstić information content (AvgIpc) is 2.98. The van der Waals surface area contributed by atoms with Crippen molar-refractivity contribution in [2.45, 2.75) is 32.6 Å². The number of nitrogens with one attached hydrogen (secondary N) is 1. The number of methoxy groups -OCH3 is 2. The molecule has 0 radical (unpaired) electrons. The van der Waals surface area contributed by atoms with Gasteiger partial charge in [-0.05, 0) is 44.0 Å². The van der Waals surface area contributed by atoms with E-state index in [0.29, 0.717) is 42.0 Å². The summed E-state index contributed by atoms with van der Waals surface area (Å²) in [5, 5.41) is 0. The highest BCUT2D eigenvalue weighted by Gasteiger charge is 2.33. The molecule has 3 rings (SSSR count). The summed E-state index contributed by atoms with van der Waals surface area (Å²) < 4.78 is 15.9. The highest BCUT2D eigenvalue weighted by Crippen LogP contribution is 2.39. The van der Waals surface area contributed by atoms with Crippen molar-refractivity contribution < 1.29 is 23.8 Å². The molecule has 1 atom stereocenters. The zero-order valence-corrected chi connectivity index (χ0v) is 15.5. The largest absolute Gasteiger partial charge is 0.497 e. The third kappa shape index (κ3) is 3.07. The number of fused-ring (bicyclic) bond motifs is 1. The second kappa shape index (κ2) is 7.23. The van der Waals surface area contributed by atoms with Gasteiger partial charge < -0.3 is 19.2 Å². The predicted molar refractivity (Wildman–Crippen MR) is 96.4 cm³/mol. The van der Waals surface area contributed by atoms with Gasteiger partial charge in [0.05, 0.1) is 20.8 Å². The molecule has 2 aromatic rings. The van der Waals surface area contributed by atoms with Crippen molar-refractivity contribution in [2.24, 2.45) is 0 Å². The van der Waals surface area contributed by atoms with Crippen LogP contribution in [0.25, 0.3) is 0 Å². The minimum Gasteiger partial charge on any atom is -0.497 e. The molecule has 1 heterocycles. The molecule has 1 unspecified atom stereocenters. The molecule has 0 amide bonds. The Morgan fingerprint density at radius 1 is 1.23 bits per heavy atom. The van der Waals surface area contributed by atoms with Gasteiger partial charge in [-0.25, -0.2) is 4.79 Å². The molecule has 0 saturated heterocycles. The summed E-state index contributed by atoms with van der Waals surface area (Å²) in [6, 6.07) is 5.58. The summed E-state index contributed by atoms with van der Waals surface area (Å²) in [5.74, 6) is 0.983. The Bertz CT molecular complexity index is 852. The van der Waals surface area contributed by atoms with Crippen LogP contribution in [0.5, 0.6) is 11.5 Å². The summed E-state index contributed by atoms with van der Waals surface area (Å²) in [7, 11) is 3.22. The molecule has 138 valence electrons. The molecule has 1 aromatic heterocycles. The molecule has 0 aliphatic heterocycles. The second-order valence-electron chi connectivity index (χ2n) is 6.34.